The molecule has 0 fully saturated rings. The van der Waals surface area contributed by atoms with Crippen molar-refractivity contribution in [1.82, 2.24) is 9.97 Å². The molecule has 172 valence electrons. The maximum atomic E-state index is 5.14. The first-order valence-corrected chi connectivity index (χ1v) is 12.4. The summed E-state index contributed by atoms with van der Waals surface area (Å²) in [7, 11) is 0. The highest BCUT2D eigenvalue weighted by Crippen LogP contribution is 2.35. The van der Waals surface area contributed by atoms with Gasteiger partial charge in [0.15, 0.2) is 0 Å². The van der Waals surface area contributed by atoms with Crippen LogP contribution in [0.25, 0.3) is 12.2 Å². The lowest BCUT2D eigenvalue weighted by Crippen LogP contribution is -2.11. The first kappa shape index (κ1) is 23.0. The van der Waals surface area contributed by atoms with Crippen LogP contribution in [-0.2, 0) is 0 Å². The van der Waals surface area contributed by atoms with Crippen LogP contribution in [0.3, 0.4) is 0 Å². The average molecular weight is 441 g/mol. The van der Waals surface area contributed by atoms with E-state index in [4.69, 9.17) is 9.98 Å². The molecule has 0 atom stereocenters. The molecule has 2 aliphatic heterocycles. The Morgan fingerprint density at radius 1 is 0.727 bits per heavy atom. The highest BCUT2D eigenvalue weighted by molar-refractivity contribution is 6.21. The summed E-state index contributed by atoms with van der Waals surface area (Å²) in [4.78, 5) is 16.8. The number of allylic oxidation sites excluding steroid dienone is 4. The number of aliphatic imine (C=N–C) groups is 2. The average Bonchev–Trinajstić information content (AvgIpc) is 3.59. The van der Waals surface area contributed by atoms with Gasteiger partial charge in [0.1, 0.15) is 0 Å². The highest BCUT2D eigenvalue weighted by atomic mass is 14.8. The second-order valence-electron chi connectivity index (χ2n) is 9.02. The molecule has 0 unspecified atom stereocenters. The van der Waals surface area contributed by atoms with Gasteiger partial charge < -0.3 is 9.97 Å². The summed E-state index contributed by atoms with van der Waals surface area (Å²) in [6.45, 7) is 8.96. The molecular formula is C29H36N4. The van der Waals surface area contributed by atoms with Gasteiger partial charge in [0.05, 0.1) is 22.8 Å². The number of hydrogen-bond acceptors (Lipinski definition) is 2. The lowest BCUT2D eigenvalue weighted by atomic mass is 9.92. The van der Waals surface area contributed by atoms with Crippen LogP contribution in [0.2, 0.25) is 0 Å². The van der Waals surface area contributed by atoms with Gasteiger partial charge in [-0.05, 0) is 98.2 Å². The van der Waals surface area contributed by atoms with Crippen molar-refractivity contribution in [3.05, 3.63) is 81.7 Å². The molecular weight excluding hydrogens is 404 g/mol. The SMILES string of the molecule is CCCCC1=C(C)C(=Cc2ccc[nH]2)N=C1CC1=NC(=Cc2ccc[nH]2)C(C)=C1CCCC. The molecule has 0 aliphatic carbocycles. The van der Waals surface area contributed by atoms with E-state index in [2.05, 4.69) is 61.9 Å². The number of unbranched alkanes of at least 4 members (excludes halogenated alkanes) is 2. The van der Waals surface area contributed by atoms with Crippen LogP contribution in [0.4, 0.5) is 0 Å². The summed E-state index contributed by atoms with van der Waals surface area (Å²) in [5.74, 6) is 0. The molecule has 2 aromatic heterocycles. The van der Waals surface area contributed by atoms with Gasteiger partial charge in [0.2, 0.25) is 0 Å². The lowest BCUT2D eigenvalue weighted by Gasteiger charge is -2.11. The zero-order valence-corrected chi connectivity index (χ0v) is 20.5. The second kappa shape index (κ2) is 10.7. The van der Waals surface area contributed by atoms with E-state index in [-0.39, 0.29) is 0 Å². The van der Waals surface area contributed by atoms with Gasteiger partial charge in [0.25, 0.3) is 0 Å². The Hall–Kier alpha value is -3.14. The summed E-state index contributed by atoms with van der Waals surface area (Å²) in [6, 6.07) is 8.24. The van der Waals surface area contributed by atoms with E-state index in [9.17, 15) is 0 Å². The van der Waals surface area contributed by atoms with Gasteiger partial charge in [-0.25, -0.2) is 0 Å². The number of H-pyrrole nitrogens is 2. The van der Waals surface area contributed by atoms with Crippen molar-refractivity contribution in [1.29, 1.82) is 0 Å². The van der Waals surface area contributed by atoms with Crippen molar-refractivity contribution in [2.45, 2.75) is 72.6 Å². The zero-order valence-electron chi connectivity index (χ0n) is 20.5. The summed E-state index contributed by atoms with van der Waals surface area (Å²) in [5, 5.41) is 0. The highest BCUT2D eigenvalue weighted by Gasteiger charge is 2.26. The molecule has 0 radical (unpaired) electrons. The predicted octanol–water partition coefficient (Wildman–Crippen LogP) is 8.04. The van der Waals surface area contributed by atoms with E-state index in [1.807, 2.05) is 24.5 Å². The quantitative estimate of drug-likeness (QED) is 0.376. The second-order valence-corrected chi connectivity index (χ2v) is 9.02. The summed E-state index contributed by atoms with van der Waals surface area (Å²) < 4.78 is 0. The molecule has 4 rings (SSSR count). The van der Waals surface area contributed by atoms with Crippen LogP contribution < -0.4 is 0 Å². The molecule has 2 aliphatic rings. The first-order valence-electron chi connectivity index (χ1n) is 12.4. The number of aromatic amines is 2. The van der Waals surface area contributed by atoms with Gasteiger partial charge in [0, 0.05) is 30.2 Å². The van der Waals surface area contributed by atoms with Gasteiger partial charge in [-0.15, -0.1) is 0 Å². The molecule has 4 nitrogen and oxygen atoms in total. The fraction of sp³-hybridized carbons (Fsp3) is 0.379. The molecule has 4 heterocycles. The number of rotatable bonds is 10. The number of nitrogens with zero attached hydrogens (tertiary/aromatic N) is 2. The zero-order chi connectivity index (χ0) is 23.2. The van der Waals surface area contributed by atoms with Crippen molar-refractivity contribution >= 4 is 23.6 Å². The molecule has 33 heavy (non-hydrogen) atoms. The Labute approximate surface area is 198 Å². The molecule has 2 aromatic rings. The Morgan fingerprint density at radius 2 is 1.18 bits per heavy atom. The Balaban J connectivity index is 1.68. The van der Waals surface area contributed by atoms with Crippen molar-refractivity contribution in [3.63, 3.8) is 0 Å². The number of nitrogens with one attached hydrogen (secondary N) is 2. The maximum absolute atomic E-state index is 5.14. The smallest absolute Gasteiger partial charge is 0.0686 e. The minimum atomic E-state index is 0.802. The van der Waals surface area contributed by atoms with Crippen LogP contribution in [0.1, 0.15) is 84.0 Å². The summed E-state index contributed by atoms with van der Waals surface area (Å²) in [6.07, 6.45) is 16.0. The van der Waals surface area contributed by atoms with Gasteiger partial charge in [-0.1, -0.05) is 26.7 Å². The molecule has 0 aromatic carbocycles. The molecule has 0 spiro atoms. The topological polar surface area (TPSA) is 56.3 Å². The maximum Gasteiger partial charge on any atom is 0.0686 e. The first-order chi connectivity index (χ1) is 16.1. The molecule has 0 saturated heterocycles. The summed E-state index contributed by atoms with van der Waals surface area (Å²) in [5.41, 5.74) is 12.2. The van der Waals surface area contributed by atoms with E-state index in [0.717, 1.165) is 42.0 Å². The van der Waals surface area contributed by atoms with Crippen LogP contribution in [0.15, 0.2) is 80.3 Å². The van der Waals surface area contributed by atoms with Crippen LogP contribution in [0, 0.1) is 0 Å². The normalized spacial score (nSPS) is 18.8. The van der Waals surface area contributed by atoms with Crippen molar-refractivity contribution < 1.29 is 0 Å². The molecule has 0 saturated carbocycles. The van der Waals surface area contributed by atoms with Crippen LogP contribution >= 0.6 is 0 Å². The number of aromatic nitrogens is 2. The molecule has 0 bridgehead atoms. The molecule has 0 amide bonds. The summed E-state index contributed by atoms with van der Waals surface area (Å²) >= 11 is 0. The third kappa shape index (κ3) is 5.27. The van der Waals surface area contributed by atoms with E-state index >= 15 is 0 Å². The van der Waals surface area contributed by atoms with Crippen LogP contribution in [0.5, 0.6) is 0 Å². The van der Waals surface area contributed by atoms with Crippen molar-refractivity contribution in [3.8, 4) is 0 Å². The minimum Gasteiger partial charge on any atom is -0.362 e. The molecule has 2 N–H and O–H groups in total. The van der Waals surface area contributed by atoms with E-state index < -0.39 is 0 Å². The fourth-order valence-corrected chi connectivity index (χ4v) is 4.60. The standard InChI is InChI=1S/C29H36N4/c1-5-7-13-24-20(3)26(17-22-11-9-15-30-22)32-28(24)19-29-25(14-8-6-2)21(4)27(33-29)18-23-12-10-16-31-23/h9-12,15-18,30-31H,5-8,13-14,19H2,1-4H3. The van der Waals surface area contributed by atoms with Crippen molar-refractivity contribution in [2.24, 2.45) is 9.98 Å². The van der Waals surface area contributed by atoms with E-state index in [1.54, 1.807) is 0 Å². The molecule has 4 heteroatoms. The monoisotopic (exact) mass is 440 g/mol. The van der Waals surface area contributed by atoms with E-state index in [0.29, 0.717) is 0 Å². The van der Waals surface area contributed by atoms with Gasteiger partial charge in [-0.3, -0.25) is 9.98 Å². The van der Waals surface area contributed by atoms with Crippen LogP contribution in [-0.4, -0.2) is 21.4 Å². The van der Waals surface area contributed by atoms with Gasteiger partial charge in [-0.2, -0.15) is 0 Å². The Bertz CT molecular complexity index is 1050. The Kier molecular flexibility index (Phi) is 7.43. The van der Waals surface area contributed by atoms with Crippen molar-refractivity contribution in [2.75, 3.05) is 0 Å². The fourth-order valence-electron chi connectivity index (χ4n) is 4.60. The largest absolute Gasteiger partial charge is 0.362 e. The number of hydrogen-bond donors (Lipinski definition) is 2. The lowest BCUT2D eigenvalue weighted by molar-refractivity contribution is 0.797. The van der Waals surface area contributed by atoms with Gasteiger partial charge >= 0.3 is 0 Å². The third-order valence-corrected chi connectivity index (χ3v) is 6.61. The third-order valence-electron chi connectivity index (χ3n) is 6.61. The van der Waals surface area contributed by atoms with E-state index in [1.165, 1.54) is 59.4 Å². The Morgan fingerprint density at radius 3 is 1.55 bits per heavy atom. The predicted molar refractivity (Wildman–Crippen MR) is 141 cm³/mol. The minimum absolute atomic E-state index is 0.802.